The van der Waals surface area contributed by atoms with E-state index in [0.29, 0.717) is 24.3 Å². The molecule has 0 heterocycles. The van der Waals surface area contributed by atoms with Gasteiger partial charge in [0.05, 0.1) is 31.7 Å². The summed E-state index contributed by atoms with van der Waals surface area (Å²) in [5, 5.41) is 0. The minimum absolute atomic E-state index is 0.207. The first-order chi connectivity index (χ1) is 11.6. The average Bonchev–Trinajstić information content (AvgIpc) is 3.07. The van der Waals surface area contributed by atoms with Crippen molar-refractivity contribution in [1.82, 2.24) is 0 Å². The molecule has 0 bridgehead atoms. The molecule has 1 aromatic rings. The summed E-state index contributed by atoms with van der Waals surface area (Å²) in [6.07, 6.45) is 6.61. The van der Waals surface area contributed by atoms with E-state index in [1.54, 1.807) is 7.11 Å². The highest BCUT2D eigenvalue weighted by molar-refractivity contribution is 5.80. The summed E-state index contributed by atoms with van der Waals surface area (Å²) in [5.74, 6) is 0.908. The van der Waals surface area contributed by atoms with Gasteiger partial charge >= 0.3 is 5.97 Å². The van der Waals surface area contributed by atoms with Crippen molar-refractivity contribution >= 4 is 12.3 Å². The van der Waals surface area contributed by atoms with Crippen LogP contribution in [0.4, 0.5) is 0 Å². The van der Waals surface area contributed by atoms with E-state index in [0.717, 1.165) is 24.7 Å². The molecule has 3 rings (SSSR count). The van der Waals surface area contributed by atoms with Crippen LogP contribution in [0.25, 0.3) is 0 Å². The number of carbonyl (C=O) groups excluding carboxylic acids is 2. The topological polar surface area (TPSA) is 61.8 Å². The number of benzene rings is 1. The van der Waals surface area contributed by atoms with Gasteiger partial charge in [-0.15, -0.1) is 0 Å². The monoisotopic (exact) mass is 332 g/mol. The molecule has 0 N–H and O–H groups in total. The Kier molecular flexibility index (Phi) is 4.78. The molecule has 130 valence electrons. The molecule has 2 saturated carbocycles. The maximum absolute atomic E-state index is 11.8. The molecule has 2 aliphatic rings. The van der Waals surface area contributed by atoms with Crippen molar-refractivity contribution in [2.75, 3.05) is 14.2 Å². The molecule has 1 aromatic carbocycles. The van der Waals surface area contributed by atoms with Gasteiger partial charge in [-0.25, -0.2) is 0 Å². The molecule has 0 atom stereocenters. The van der Waals surface area contributed by atoms with Gasteiger partial charge in [0.2, 0.25) is 0 Å². The first-order valence-electron chi connectivity index (χ1n) is 8.51. The first kappa shape index (κ1) is 16.8. The normalized spacial score (nSPS) is 26.5. The Labute approximate surface area is 142 Å². The van der Waals surface area contributed by atoms with Gasteiger partial charge in [-0.1, -0.05) is 6.07 Å². The van der Waals surface area contributed by atoms with Crippen molar-refractivity contribution < 1.29 is 23.8 Å². The standard InChI is InChI=1S/C19H24O5/c1-22-16-8-7-14(9-17(16)24-15-5-3-4-6-15)19(12-20)10-13(11-19)18(21)23-2/h7-9,12-13,15H,3-6,10-11H2,1-2H3. The molecular weight excluding hydrogens is 308 g/mol. The lowest BCUT2D eigenvalue weighted by atomic mass is 9.59. The highest BCUT2D eigenvalue weighted by Gasteiger charge is 2.49. The van der Waals surface area contributed by atoms with E-state index in [1.165, 1.54) is 20.0 Å². The molecule has 24 heavy (non-hydrogen) atoms. The fourth-order valence-electron chi connectivity index (χ4n) is 3.82. The summed E-state index contributed by atoms with van der Waals surface area (Å²) in [6, 6.07) is 5.64. The second kappa shape index (κ2) is 6.83. The number of hydrogen-bond acceptors (Lipinski definition) is 5. The smallest absolute Gasteiger partial charge is 0.308 e. The van der Waals surface area contributed by atoms with Crippen LogP contribution in [0.2, 0.25) is 0 Å². The number of methoxy groups -OCH3 is 2. The van der Waals surface area contributed by atoms with Crippen LogP contribution in [0.3, 0.4) is 0 Å². The highest BCUT2D eigenvalue weighted by Crippen LogP contribution is 2.48. The second-order valence-corrected chi connectivity index (χ2v) is 6.79. The minimum atomic E-state index is -0.626. The Morgan fingerprint density at radius 1 is 1.17 bits per heavy atom. The summed E-state index contributed by atoms with van der Waals surface area (Å²) >= 11 is 0. The maximum atomic E-state index is 11.8. The van der Waals surface area contributed by atoms with Crippen molar-refractivity contribution in [2.24, 2.45) is 5.92 Å². The van der Waals surface area contributed by atoms with Crippen LogP contribution in [0.1, 0.15) is 44.1 Å². The van der Waals surface area contributed by atoms with Crippen LogP contribution in [-0.2, 0) is 19.7 Å². The van der Waals surface area contributed by atoms with Crippen LogP contribution >= 0.6 is 0 Å². The van der Waals surface area contributed by atoms with Gasteiger partial charge in [0.25, 0.3) is 0 Å². The summed E-state index contributed by atoms with van der Waals surface area (Å²) in [4.78, 5) is 23.4. The predicted molar refractivity (Wildman–Crippen MR) is 88.4 cm³/mol. The van der Waals surface area contributed by atoms with Crippen LogP contribution in [0.15, 0.2) is 18.2 Å². The SMILES string of the molecule is COC(=O)C1CC(C=O)(c2ccc(OC)c(OC3CCCC3)c2)C1. The van der Waals surface area contributed by atoms with E-state index in [4.69, 9.17) is 14.2 Å². The largest absolute Gasteiger partial charge is 0.493 e. The molecular formula is C19H24O5. The molecule has 0 spiro atoms. The predicted octanol–water partition coefficient (Wildman–Crippen LogP) is 3.04. The van der Waals surface area contributed by atoms with E-state index in [1.807, 2.05) is 18.2 Å². The van der Waals surface area contributed by atoms with E-state index in [9.17, 15) is 9.59 Å². The number of hydrogen-bond donors (Lipinski definition) is 0. The van der Waals surface area contributed by atoms with Crippen molar-refractivity contribution in [2.45, 2.75) is 50.0 Å². The molecule has 0 aliphatic heterocycles. The summed E-state index contributed by atoms with van der Waals surface area (Å²) in [5.41, 5.74) is 0.255. The number of ether oxygens (including phenoxy) is 3. The number of rotatable bonds is 6. The van der Waals surface area contributed by atoms with Crippen LogP contribution in [-0.4, -0.2) is 32.6 Å². The van der Waals surface area contributed by atoms with E-state index in [-0.39, 0.29) is 18.0 Å². The van der Waals surface area contributed by atoms with E-state index in [2.05, 4.69) is 0 Å². The Hall–Kier alpha value is -2.04. The van der Waals surface area contributed by atoms with Crippen LogP contribution in [0.5, 0.6) is 11.5 Å². The Morgan fingerprint density at radius 3 is 2.46 bits per heavy atom. The summed E-state index contributed by atoms with van der Waals surface area (Å²) in [7, 11) is 2.99. The quantitative estimate of drug-likeness (QED) is 0.592. The van der Waals surface area contributed by atoms with Gasteiger partial charge in [0.15, 0.2) is 11.5 Å². The van der Waals surface area contributed by atoms with Crippen LogP contribution < -0.4 is 9.47 Å². The molecule has 0 saturated heterocycles. The van der Waals surface area contributed by atoms with Crippen molar-refractivity contribution in [3.63, 3.8) is 0 Å². The van der Waals surface area contributed by atoms with Gasteiger partial charge in [0.1, 0.15) is 6.29 Å². The lowest BCUT2D eigenvalue weighted by molar-refractivity contribution is -0.151. The molecule has 2 aliphatic carbocycles. The van der Waals surface area contributed by atoms with Crippen LogP contribution in [0, 0.1) is 5.92 Å². The van der Waals surface area contributed by atoms with Gasteiger partial charge in [-0.05, 0) is 56.2 Å². The summed E-state index contributed by atoms with van der Waals surface area (Å²) in [6.45, 7) is 0. The highest BCUT2D eigenvalue weighted by atomic mass is 16.5. The third-order valence-corrected chi connectivity index (χ3v) is 5.32. The van der Waals surface area contributed by atoms with Crippen molar-refractivity contribution in [1.29, 1.82) is 0 Å². The molecule has 0 amide bonds. The van der Waals surface area contributed by atoms with Gasteiger partial charge < -0.3 is 19.0 Å². The fourth-order valence-corrected chi connectivity index (χ4v) is 3.82. The Bertz CT molecular complexity index is 612. The average molecular weight is 332 g/mol. The zero-order chi connectivity index (χ0) is 17.2. The second-order valence-electron chi connectivity index (χ2n) is 6.79. The van der Waals surface area contributed by atoms with Gasteiger partial charge in [-0.3, -0.25) is 4.79 Å². The lowest BCUT2D eigenvalue weighted by Crippen LogP contribution is -2.46. The molecule has 5 nitrogen and oxygen atoms in total. The van der Waals surface area contributed by atoms with E-state index >= 15 is 0 Å². The molecule has 5 heteroatoms. The maximum Gasteiger partial charge on any atom is 0.308 e. The van der Waals surface area contributed by atoms with E-state index < -0.39 is 5.41 Å². The molecule has 0 aromatic heterocycles. The molecule has 0 radical (unpaired) electrons. The van der Waals surface area contributed by atoms with Crippen molar-refractivity contribution in [3.8, 4) is 11.5 Å². The van der Waals surface area contributed by atoms with Gasteiger partial charge in [0, 0.05) is 0 Å². The number of carbonyl (C=O) groups is 2. The first-order valence-corrected chi connectivity index (χ1v) is 8.51. The lowest BCUT2D eigenvalue weighted by Gasteiger charge is -2.42. The molecule has 2 fully saturated rings. The Balaban J connectivity index is 1.82. The zero-order valence-corrected chi connectivity index (χ0v) is 14.2. The number of esters is 1. The molecule has 0 unspecified atom stereocenters. The summed E-state index contributed by atoms with van der Waals surface area (Å²) < 4.78 is 16.3. The minimum Gasteiger partial charge on any atom is -0.493 e. The third-order valence-electron chi connectivity index (χ3n) is 5.32. The zero-order valence-electron chi connectivity index (χ0n) is 14.2. The fraction of sp³-hybridized carbons (Fsp3) is 0.579. The van der Waals surface area contributed by atoms with Crippen molar-refractivity contribution in [3.05, 3.63) is 23.8 Å². The third kappa shape index (κ3) is 2.99. The number of aldehydes is 1. The van der Waals surface area contributed by atoms with Gasteiger partial charge in [-0.2, -0.15) is 0 Å². The Morgan fingerprint density at radius 2 is 1.88 bits per heavy atom.